The highest BCUT2D eigenvalue weighted by molar-refractivity contribution is 6.32. The van der Waals surface area contributed by atoms with Gasteiger partial charge in [-0.25, -0.2) is 0 Å². The van der Waals surface area contributed by atoms with Crippen LogP contribution in [0.2, 0.25) is 5.02 Å². The van der Waals surface area contributed by atoms with Crippen molar-refractivity contribution in [2.45, 2.75) is 45.1 Å². The Hall–Kier alpha value is -3.04. The fraction of sp³-hybridized carbons (Fsp3) is 0.464. The highest BCUT2D eigenvalue weighted by Crippen LogP contribution is 2.46. The number of piperidine rings is 2. The van der Waals surface area contributed by atoms with Crippen LogP contribution in [-0.2, 0) is 4.79 Å². The molecule has 0 N–H and O–H groups in total. The molecule has 35 heavy (non-hydrogen) atoms. The quantitative estimate of drug-likeness (QED) is 0.612. The van der Waals surface area contributed by atoms with Gasteiger partial charge in [-0.15, -0.1) is 0 Å². The maximum Gasteiger partial charge on any atom is 0.253 e. The minimum Gasteiger partial charge on any atom is -0.371 e. The summed E-state index contributed by atoms with van der Waals surface area (Å²) in [6.45, 7) is 6.33. The summed E-state index contributed by atoms with van der Waals surface area (Å²) in [4.78, 5) is 30.9. The van der Waals surface area contributed by atoms with Gasteiger partial charge in [0.05, 0.1) is 10.6 Å². The summed E-state index contributed by atoms with van der Waals surface area (Å²) in [5.74, 6) is 0.261. The van der Waals surface area contributed by atoms with E-state index in [1.807, 2.05) is 30.3 Å². The Labute approximate surface area is 212 Å². The second kappa shape index (κ2) is 9.54. The van der Waals surface area contributed by atoms with E-state index in [1.54, 1.807) is 4.90 Å². The van der Waals surface area contributed by atoms with Crippen LogP contribution in [0.5, 0.6) is 0 Å². The summed E-state index contributed by atoms with van der Waals surface area (Å²) in [7, 11) is 0. The minimum absolute atomic E-state index is 0.0181. The van der Waals surface area contributed by atoms with E-state index in [0.29, 0.717) is 48.1 Å². The third-order valence-electron chi connectivity index (χ3n) is 8.08. The van der Waals surface area contributed by atoms with Crippen LogP contribution in [0.15, 0.2) is 42.5 Å². The van der Waals surface area contributed by atoms with Crippen molar-refractivity contribution in [2.24, 2.45) is 5.41 Å². The van der Waals surface area contributed by atoms with Gasteiger partial charge in [-0.2, -0.15) is 5.26 Å². The molecule has 3 aliphatic rings. The molecule has 182 valence electrons. The molecular formula is C28H31ClN4O2. The summed E-state index contributed by atoms with van der Waals surface area (Å²) in [6, 6.07) is 16.3. The first kappa shape index (κ1) is 23.7. The van der Waals surface area contributed by atoms with Gasteiger partial charge in [-0.1, -0.05) is 11.6 Å². The number of Topliss-reactive ketones (excluding diaryl/α,β-unsaturated/α-hetero) is 1. The predicted octanol–water partition coefficient (Wildman–Crippen LogP) is 4.90. The molecule has 2 aromatic rings. The maximum atomic E-state index is 12.8. The van der Waals surface area contributed by atoms with Crippen molar-refractivity contribution in [3.8, 4) is 6.07 Å². The topological polar surface area (TPSA) is 67.7 Å². The number of rotatable bonds is 3. The average Bonchev–Trinajstić information content (AvgIpc) is 3.20. The van der Waals surface area contributed by atoms with Crippen molar-refractivity contribution in [3.63, 3.8) is 0 Å². The average molecular weight is 491 g/mol. The molecule has 1 amide bonds. The van der Waals surface area contributed by atoms with Crippen LogP contribution in [0.25, 0.3) is 0 Å². The lowest BCUT2D eigenvalue weighted by atomic mass is 9.76. The first-order chi connectivity index (χ1) is 16.9. The lowest BCUT2D eigenvalue weighted by Crippen LogP contribution is -2.41. The number of carbonyl (C=O) groups is 2. The number of carbonyl (C=O) groups excluding carboxylic acids is 2. The van der Waals surface area contributed by atoms with Gasteiger partial charge in [-0.3, -0.25) is 9.59 Å². The molecule has 6 nitrogen and oxygen atoms in total. The number of benzene rings is 2. The summed E-state index contributed by atoms with van der Waals surface area (Å²) in [5, 5.41) is 9.69. The van der Waals surface area contributed by atoms with E-state index >= 15 is 0 Å². The number of amides is 1. The summed E-state index contributed by atoms with van der Waals surface area (Å²) < 4.78 is 0. The standard InChI is InChI=1S/C28H31ClN4O2/c1-20-17-28(19-33(20)24-7-4-22(18-30)26(29)16-24)10-14-31(15-11-28)23-5-2-21(3-6-23)27(35)32-12-8-25(34)9-13-32/h2-7,16,20H,8-15,17,19H2,1H3/t20-/m0/s1. The molecule has 3 saturated heterocycles. The Balaban J connectivity index is 1.20. The van der Waals surface area contributed by atoms with Crippen LogP contribution < -0.4 is 9.80 Å². The summed E-state index contributed by atoms with van der Waals surface area (Å²) in [5.41, 5.74) is 3.76. The zero-order chi connectivity index (χ0) is 24.6. The molecule has 3 heterocycles. The number of hydrogen-bond acceptors (Lipinski definition) is 5. The van der Waals surface area contributed by atoms with E-state index in [2.05, 4.69) is 34.9 Å². The zero-order valence-electron chi connectivity index (χ0n) is 20.2. The highest BCUT2D eigenvalue weighted by Gasteiger charge is 2.44. The largest absolute Gasteiger partial charge is 0.371 e. The second-order valence-corrected chi connectivity index (χ2v) is 10.7. The predicted molar refractivity (Wildman–Crippen MR) is 138 cm³/mol. The SMILES string of the molecule is C[C@H]1CC2(CCN(c3ccc(C(=O)N4CCC(=O)CC4)cc3)CC2)CN1c1ccc(C#N)c(Cl)c1. The molecule has 1 atom stereocenters. The summed E-state index contributed by atoms with van der Waals surface area (Å²) >= 11 is 6.31. The Morgan fingerprint density at radius 3 is 2.31 bits per heavy atom. The molecule has 0 unspecified atom stereocenters. The van der Waals surface area contributed by atoms with E-state index < -0.39 is 0 Å². The van der Waals surface area contributed by atoms with Crippen molar-refractivity contribution in [2.75, 3.05) is 42.5 Å². The van der Waals surface area contributed by atoms with Gasteiger partial charge in [0.15, 0.2) is 0 Å². The first-order valence-electron chi connectivity index (χ1n) is 12.5. The third-order valence-corrected chi connectivity index (χ3v) is 8.40. The zero-order valence-corrected chi connectivity index (χ0v) is 20.9. The van der Waals surface area contributed by atoms with E-state index in [9.17, 15) is 14.9 Å². The van der Waals surface area contributed by atoms with Gasteiger partial charge < -0.3 is 14.7 Å². The molecule has 0 radical (unpaired) electrons. The number of halogens is 1. The molecule has 0 bridgehead atoms. The van der Waals surface area contributed by atoms with Gasteiger partial charge >= 0.3 is 0 Å². The Kier molecular flexibility index (Phi) is 6.46. The second-order valence-electron chi connectivity index (χ2n) is 10.3. The van der Waals surface area contributed by atoms with Gasteiger partial charge in [0.25, 0.3) is 5.91 Å². The van der Waals surface area contributed by atoms with Crippen LogP contribution >= 0.6 is 11.6 Å². The Morgan fingerprint density at radius 1 is 1.03 bits per heavy atom. The van der Waals surface area contributed by atoms with Crippen molar-refractivity contribution in [3.05, 3.63) is 58.6 Å². The van der Waals surface area contributed by atoms with Gasteiger partial charge in [0.2, 0.25) is 0 Å². The number of likely N-dealkylation sites (tertiary alicyclic amines) is 1. The lowest BCUT2D eigenvalue weighted by Gasteiger charge is -2.40. The molecule has 0 aromatic heterocycles. The Morgan fingerprint density at radius 2 is 1.69 bits per heavy atom. The maximum absolute atomic E-state index is 12.8. The monoisotopic (exact) mass is 490 g/mol. The molecule has 3 fully saturated rings. The van der Waals surface area contributed by atoms with Crippen LogP contribution in [0.4, 0.5) is 11.4 Å². The van der Waals surface area contributed by atoms with E-state index in [-0.39, 0.29) is 17.1 Å². The van der Waals surface area contributed by atoms with Gasteiger partial charge in [-0.05, 0) is 74.1 Å². The number of nitriles is 1. The van der Waals surface area contributed by atoms with Crippen LogP contribution in [0.1, 0.15) is 54.9 Å². The minimum atomic E-state index is 0.0181. The van der Waals surface area contributed by atoms with Crippen molar-refractivity contribution >= 4 is 34.7 Å². The lowest BCUT2D eigenvalue weighted by molar-refractivity contribution is -0.120. The van der Waals surface area contributed by atoms with Crippen LogP contribution in [0, 0.1) is 16.7 Å². The molecule has 5 rings (SSSR count). The third kappa shape index (κ3) is 4.75. The molecular weight excluding hydrogens is 460 g/mol. The van der Waals surface area contributed by atoms with Crippen molar-refractivity contribution < 1.29 is 9.59 Å². The van der Waals surface area contributed by atoms with Crippen molar-refractivity contribution in [1.82, 2.24) is 4.90 Å². The van der Waals surface area contributed by atoms with Gasteiger partial charge in [0.1, 0.15) is 11.9 Å². The fourth-order valence-corrected chi connectivity index (χ4v) is 6.21. The fourth-order valence-electron chi connectivity index (χ4n) is 6.00. The molecule has 0 aliphatic carbocycles. The van der Waals surface area contributed by atoms with E-state index in [4.69, 9.17) is 11.6 Å². The van der Waals surface area contributed by atoms with E-state index in [0.717, 1.165) is 50.3 Å². The number of nitrogens with zero attached hydrogens (tertiary/aromatic N) is 4. The first-order valence-corrected chi connectivity index (χ1v) is 12.9. The normalized spacial score (nSPS) is 21.9. The van der Waals surface area contributed by atoms with Crippen LogP contribution in [0.3, 0.4) is 0 Å². The van der Waals surface area contributed by atoms with E-state index in [1.165, 1.54) is 0 Å². The number of ketones is 1. The molecule has 0 saturated carbocycles. The van der Waals surface area contributed by atoms with Crippen LogP contribution in [-0.4, -0.2) is 55.4 Å². The molecule has 2 aromatic carbocycles. The molecule has 7 heteroatoms. The number of hydrogen-bond donors (Lipinski definition) is 0. The highest BCUT2D eigenvalue weighted by atomic mass is 35.5. The Bertz CT molecular complexity index is 1150. The van der Waals surface area contributed by atoms with Gasteiger partial charge in [0, 0.05) is 68.5 Å². The summed E-state index contributed by atoms with van der Waals surface area (Å²) in [6.07, 6.45) is 4.34. The molecule has 1 spiro atoms. The molecule has 3 aliphatic heterocycles. The van der Waals surface area contributed by atoms with Crippen molar-refractivity contribution in [1.29, 1.82) is 5.26 Å². The smallest absolute Gasteiger partial charge is 0.253 e. The number of anilines is 2.